The fraction of sp³-hybridized carbons (Fsp3) is 0.100. The van der Waals surface area contributed by atoms with Gasteiger partial charge >= 0.3 is 5.69 Å². The number of Topliss-reactive ketones (excluding diaryl/α,β-unsaturated/α-hetero) is 1. The van der Waals surface area contributed by atoms with E-state index >= 15 is 0 Å². The maximum Gasteiger partial charge on any atom is 0.328 e. The second kappa shape index (κ2) is 4.80. The number of carbonyl (C=O) groups excluding carboxylic acids is 1. The Morgan fingerprint density at radius 2 is 2.24 bits per heavy atom. The van der Waals surface area contributed by atoms with E-state index in [9.17, 15) is 14.4 Å². The molecule has 2 aromatic rings. The van der Waals surface area contributed by atoms with Gasteiger partial charge in [-0.2, -0.15) is 0 Å². The summed E-state index contributed by atoms with van der Waals surface area (Å²) in [5.41, 5.74) is -1.10. The van der Waals surface area contributed by atoms with E-state index in [4.69, 9.17) is 0 Å². The van der Waals surface area contributed by atoms with Crippen LogP contribution in [0.1, 0.15) is 9.67 Å². The van der Waals surface area contributed by atoms with Gasteiger partial charge < -0.3 is 0 Å². The van der Waals surface area contributed by atoms with Crippen LogP contribution < -0.4 is 11.2 Å². The number of hydrogen-bond donors (Lipinski definition) is 1. The maximum absolute atomic E-state index is 11.8. The molecule has 0 fully saturated rings. The van der Waals surface area contributed by atoms with Gasteiger partial charge in [-0.3, -0.25) is 19.1 Å². The molecular weight excluding hydrogens is 308 g/mol. The van der Waals surface area contributed by atoms with Crippen molar-refractivity contribution in [2.45, 2.75) is 6.54 Å². The number of H-pyrrole nitrogens is 1. The van der Waals surface area contributed by atoms with Crippen LogP contribution in [0.3, 0.4) is 0 Å². The van der Waals surface area contributed by atoms with Gasteiger partial charge in [0.05, 0.1) is 15.9 Å². The van der Waals surface area contributed by atoms with Crippen molar-refractivity contribution in [2.24, 2.45) is 0 Å². The van der Waals surface area contributed by atoms with Crippen molar-refractivity contribution in [3.05, 3.63) is 53.9 Å². The standard InChI is InChI=1S/C10H7BrN2O3S/c11-6-4-13(10(16)12-9(6)15)5-7(14)8-2-1-3-17-8/h1-4H,5H2,(H,12,15,16). The summed E-state index contributed by atoms with van der Waals surface area (Å²) in [6.45, 7) is -0.0886. The van der Waals surface area contributed by atoms with Crippen molar-refractivity contribution in [2.75, 3.05) is 0 Å². The second-order valence-electron chi connectivity index (χ2n) is 3.26. The number of nitrogens with zero attached hydrogens (tertiary/aromatic N) is 1. The quantitative estimate of drug-likeness (QED) is 0.866. The summed E-state index contributed by atoms with van der Waals surface area (Å²) in [6, 6.07) is 3.46. The third-order valence-electron chi connectivity index (χ3n) is 2.08. The summed E-state index contributed by atoms with van der Waals surface area (Å²) < 4.78 is 1.38. The number of hydrogen-bond acceptors (Lipinski definition) is 4. The summed E-state index contributed by atoms with van der Waals surface area (Å²) in [7, 11) is 0. The molecule has 0 saturated carbocycles. The fourth-order valence-electron chi connectivity index (χ4n) is 1.27. The monoisotopic (exact) mass is 314 g/mol. The molecule has 0 amide bonds. The zero-order chi connectivity index (χ0) is 12.4. The van der Waals surface area contributed by atoms with E-state index in [1.54, 1.807) is 17.5 Å². The third kappa shape index (κ3) is 2.62. The Balaban J connectivity index is 2.31. The highest BCUT2D eigenvalue weighted by Gasteiger charge is 2.10. The average Bonchev–Trinajstić information content (AvgIpc) is 2.79. The van der Waals surface area contributed by atoms with Gasteiger partial charge in [-0.05, 0) is 27.4 Å². The minimum atomic E-state index is -0.594. The van der Waals surface area contributed by atoms with E-state index in [0.29, 0.717) is 4.88 Å². The first-order valence-electron chi connectivity index (χ1n) is 4.64. The largest absolute Gasteiger partial charge is 0.328 e. The molecule has 0 radical (unpaired) electrons. The van der Waals surface area contributed by atoms with E-state index in [1.165, 1.54) is 17.5 Å². The van der Waals surface area contributed by atoms with Gasteiger partial charge in [-0.1, -0.05) is 6.07 Å². The molecular formula is C10H7BrN2O3S. The lowest BCUT2D eigenvalue weighted by Crippen LogP contribution is -2.31. The molecule has 2 heterocycles. The van der Waals surface area contributed by atoms with Gasteiger partial charge in [0.1, 0.15) is 0 Å². The van der Waals surface area contributed by atoms with Crippen LogP contribution in [-0.2, 0) is 6.54 Å². The molecule has 0 atom stereocenters. The van der Waals surface area contributed by atoms with E-state index in [1.807, 2.05) is 0 Å². The Morgan fingerprint density at radius 1 is 1.47 bits per heavy atom. The Labute approximate surface area is 108 Å². The highest BCUT2D eigenvalue weighted by atomic mass is 79.9. The van der Waals surface area contributed by atoms with Crippen LogP contribution >= 0.6 is 27.3 Å². The predicted octanol–water partition coefficient (Wildman–Crippen LogP) is 1.24. The van der Waals surface area contributed by atoms with E-state index in [0.717, 1.165) is 4.57 Å². The van der Waals surface area contributed by atoms with Gasteiger partial charge in [0.25, 0.3) is 5.56 Å². The minimum Gasteiger partial charge on any atom is -0.292 e. The van der Waals surface area contributed by atoms with Crippen molar-refractivity contribution in [3.63, 3.8) is 0 Å². The highest BCUT2D eigenvalue weighted by molar-refractivity contribution is 9.10. The van der Waals surface area contributed by atoms with Crippen LogP contribution in [0.5, 0.6) is 0 Å². The third-order valence-corrected chi connectivity index (χ3v) is 3.55. The molecule has 5 nitrogen and oxygen atoms in total. The molecule has 2 rings (SSSR count). The second-order valence-corrected chi connectivity index (χ2v) is 5.07. The number of carbonyl (C=O) groups is 1. The Kier molecular flexibility index (Phi) is 3.39. The van der Waals surface area contributed by atoms with Crippen molar-refractivity contribution in [1.29, 1.82) is 0 Å². The van der Waals surface area contributed by atoms with Crippen LogP contribution in [0.15, 0.2) is 37.8 Å². The zero-order valence-electron chi connectivity index (χ0n) is 8.47. The molecule has 88 valence electrons. The van der Waals surface area contributed by atoms with Gasteiger partial charge in [-0.25, -0.2) is 4.79 Å². The first-order valence-corrected chi connectivity index (χ1v) is 6.31. The summed E-state index contributed by atoms with van der Waals surface area (Å²) in [5.74, 6) is -0.166. The molecule has 1 N–H and O–H groups in total. The number of rotatable bonds is 3. The lowest BCUT2D eigenvalue weighted by atomic mass is 10.3. The van der Waals surface area contributed by atoms with Gasteiger partial charge in [0.2, 0.25) is 0 Å². The lowest BCUT2D eigenvalue weighted by molar-refractivity contribution is 0.0974. The van der Waals surface area contributed by atoms with Gasteiger partial charge in [0, 0.05) is 6.20 Å². The Morgan fingerprint density at radius 3 is 2.88 bits per heavy atom. The molecule has 0 unspecified atom stereocenters. The number of aromatic amines is 1. The minimum absolute atomic E-state index is 0.0886. The summed E-state index contributed by atoms with van der Waals surface area (Å²) in [5, 5.41) is 1.79. The Hall–Kier alpha value is -1.47. The number of thiophene rings is 1. The number of halogens is 1. The molecule has 2 aromatic heterocycles. The topological polar surface area (TPSA) is 71.9 Å². The van der Waals surface area contributed by atoms with Crippen molar-refractivity contribution in [3.8, 4) is 0 Å². The van der Waals surface area contributed by atoms with Crippen molar-refractivity contribution >= 4 is 33.0 Å². The van der Waals surface area contributed by atoms with Crippen LogP contribution in [0.2, 0.25) is 0 Å². The molecule has 17 heavy (non-hydrogen) atoms. The summed E-state index contributed by atoms with van der Waals surface area (Å²) in [4.78, 5) is 37.0. The first kappa shape index (κ1) is 12.0. The van der Waals surface area contributed by atoms with Crippen LogP contribution in [0.25, 0.3) is 0 Å². The van der Waals surface area contributed by atoms with E-state index in [2.05, 4.69) is 20.9 Å². The van der Waals surface area contributed by atoms with Crippen LogP contribution in [0.4, 0.5) is 0 Å². The molecule has 0 spiro atoms. The summed E-state index contributed by atoms with van der Waals surface area (Å²) in [6.07, 6.45) is 1.31. The smallest absolute Gasteiger partial charge is 0.292 e. The molecule has 0 saturated heterocycles. The van der Waals surface area contributed by atoms with Gasteiger partial charge in [-0.15, -0.1) is 11.3 Å². The molecule has 0 bridgehead atoms. The number of aromatic nitrogens is 2. The van der Waals surface area contributed by atoms with Crippen LogP contribution in [0, 0.1) is 0 Å². The van der Waals surface area contributed by atoms with Crippen molar-refractivity contribution in [1.82, 2.24) is 9.55 Å². The molecule has 0 aliphatic heterocycles. The van der Waals surface area contributed by atoms with Crippen LogP contribution in [-0.4, -0.2) is 15.3 Å². The predicted molar refractivity (Wildman–Crippen MR) is 67.7 cm³/mol. The molecule has 7 heteroatoms. The molecule has 0 aliphatic rings. The van der Waals surface area contributed by atoms with Gasteiger partial charge in [0.15, 0.2) is 5.78 Å². The molecule has 0 aliphatic carbocycles. The Bertz CT molecular complexity index is 657. The average molecular weight is 315 g/mol. The lowest BCUT2D eigenvalue weighted by Gasteiger charge is -2.03. The van der Waals surface area contributed by atoms with E-state index in [-0.39, 0.29) is 16.8 Å². The van der Waals surface area contributed by atoms with Crippen molar-refractivity contribution < 1.29 is 4.79 Å². The number of ketones is 1. The highest BCUT2D eigenvalue weighted by Crippen LogP contribution is 2.10. The molecule has 0 aromatic carbocycles. The van der Waals surface area contributed by atoms with E-state index < -0.39 is 11.2 Å². The number of nitrogens with one attached hydrogen (secondary N) is 1. The first-order chi connectivity index (χ1) is 8.08. The fourth-order valence-corrected chi connectivity index (χ4v) is 2.27. The zero-order valence-corrected chi connectivity index (χ0v) is 10.9. The summed E-state index contributed by atoms with van der Waals surface area (Å²) >= 11 is 4.32. The maximum atomic E-state index is 11.8. The SMILES string of the molecule is O=C(Cn1cc(Br)c(=O)[nH]c1=O)c1cccs1. The normalized spacial score (nSPS) is 10.4.